The molecule has 1 unspecified atom stereocenters. The van der Waals surface area contributed by atoms with Crippen LogP contribution in [-0.2, 0) is 32.6 Å². The highest BCUT2D eigenvalue weighted by Crippen LogP contribution is 2.33. The zero-order valence-corrected chi connectivity index (χ0v) is 27.6. The zero-order chi connectivity index (χ0) is 32.9. The summed E-state index contributed by atoms with van der Waals surface area (Å²) in [5.74, 6) is -0.468. The van der Waals surface area contributed by atoms with E-state index in [4.69, 9.17) is 4.74 Å². The van der Waals surface area contributed by atoms with E-state index in [-0.39, 0.29) is 29.5 Å². The van der Waals surface area contributed by atoms with Gasteiger partial charge in [0.1, 0.15) is 18.3 Å². The van der Waals surface area contributed by atoms with E-state index in [1.165, 1.54) is 17.0 Å². The Morgan fingerprint density at radius 3 is 2.15 bits per heavy atom. The van der Waals surface area contributed by atoms with Crippen LogP contribution < -0.4 is 14.4 Å². The molecule has 0 saturated carbocycles. The number of aryl methyl sites for hydroxylation is 1. The average molecular weight is 642 g/mol. The number of hydrogen-bond donors (Lipinski definition) is 1. The third-order valence-corrected chi connectivity index (χ3v) is 9.35. The number of amides is 2. The van der Waals surface area contributed by atoms with Crippen LogP contribution in [0.25, 0.3) is 0 Å². The largest absolute Gasteiger partial charge is 0.492 e. The Morgan fingerprint density at radius 1 is 0.826 bits per heavy atom. The highest BCUT2D eigenvalue weighted by Gasteiger charge is 2.35. The van der Waals surface area contributed by atoms with Crippen LogP contribution in [0, 0.1) is 6.92 Å². The van der Waals surface area contributed by atoms with Gasteiger partial charge in [0.2, 0.25) is 11.8 Å². The lowest BCUT2D eigenvalue weighted by Crippen LogP contribution is -2.53. The van der Waals surface area contributed by atoms with E-state index in [0.717, 1.165) is 33.8 Å². The van der Waals surface area contributed by atoms with Crippen molar-refractivity contribution in [1.82, 2.24) is 10.2 Å². The third-order valence-electron chi connectivity index (χ3n) is 7.58. The molecule has 2 amide bonds. The molecule has 0 saturated heterocycles. The minimum atomic E-state index is -4.22. The number of benzene rings is 4. The molecule has 0 bridgehead atoms. The Labute approximate surface area is 273 Å². The zero-order valence-electron chi connectivity index (χ0n) is 26.8. The first-order chi connectivity index (χ1) is 22.2. The molecule has 0 aliphatic heterocycles. The first-order valence-corrected chi connectivity index (χ1v) is 17.1. The fourth-order valence-corrected chi connectivity index (χ4v) is 6.69. The van der Waals surface area contributed by atoms with Gasteiger partial charge in [0.25, 0.3) is 10.0 Å². The number of para-hydroxylation sites is 2. The molecule has 4 aromatic rings. The van der Waals surface area contributed by atoms with Crippen molar-refractivity contribution in [3.63, 3.8) is 0 Å². The standard InChI is InChI=1S/C37H43N3O5S/c1-4-6-24-38-37(42)34(26-30-17-9-7-10-18-30)39(27-31-19-15-16-29(3)25-31)36(41)28-40(33-22-13-14-23-35(33)45-5-2)46(43,44)32-20-11-8-12-21-32/h7-23,25,34H,4-6,24,26-28H2,1-3H3,(H,38,42). The topological polar surface area (TPSA) is 96.0 Å². The quantitative estimate of drug-likeness (QED) is 0.148. The van der Waals surface area contributed by atoms with E-state index < -0.39 is 28.5 Å². The second kappa shape index (κ2) is 16.6. The van der Waals surface area contributed by atoms with Gasteiger partial charge in [-0.25, -0.2) is 8.42 Å². The Kier molecular flexibility index (Phi) is 12.4. The van der Waals surface area contributed by atoms with Gasteiger partial charge in [-0.1, -0.05) is 104 Å². The summed E-state index contributed by atoms with van der Waals surface area (Å²) in [6, 6.07) is 31.2. The normalized spacial score (nSPS) is 11.8. The maximum Gasteiger partial charge on any atom is 0.264 e. The van der Waals surface area contributed by atoms with Crippen molar-refractivity contribution < 1.29 is 22.7 Å². The van der Waals surface area contributed by atoms with E-state index in [1.54, 1.807) is 42.5 Å². The molecule has 242 valence electrons. The van der Waals surface area contributed by atoms with Gasteiger partial charge in [0.05, 0.1) is 17.2 Å². The Balaban J connectivity index is 1.82. The van der Waals surface area contributed by atoms with Gasteiger partial charge in [-0.05, 0) is 55.7 Å². The molecule has 0 aliphatic rings. The van der Waals surface area contributed by atoms with Gasteiger partial charge in [-0.3, -0.25) is 13.9 Å². The number of ether oxygens (including phenoxy) is 1. The summed E-state index contributed by atoms with van der Waals surface area (Å²) in [5, 5.41) is 3.02. The van der Waals surface area contributed by atoms with Crippen LogP contribution in [0.5, 0.6) is 5.75 Å². The van der Waals surface area contributed by atoms with Gasteiger partial charge in [-0.2, -0.15) is 0 Å². The van der Waals surface area contributed by atoms with Crippen molar-refractivity contribution in [2.75, 3.05) is 24.0 Å². The highest BCUT2D eigenvalue weighted by molar-refractivity contribution is 7.92. The number of nitrogens with zero attached hydrogens (tertiary/aromatic N) is 2. The second-order valence-electron chi connectivity index (χ2n) is 11.1. The number of sulfonamides is 1. The molecule has 0 aliphatic carbocycles. The van der Waals surface area contributed by atoms with E-state index in [0.29, 0.717) is 18.9 Å². The molecule has 1 atom stereocenters. The van der Waals surface area contributed by atoms with Gasteiger partial charge in [-0.15, -0.1) is 0 Å². The monoisotopic (exact) mass is 641 g/mol. The van der Waals surface area contributed by atoms with Crippen LogP contribution in [0.3, 0.4) is 0 Å². The molecule has 0 aromatic heterocycles. The van der Waals surface area contributed by atoms with Crippen molar-refractivity contribution in [2.24, 2.45) is 0 Å². The summed E-state index contributed by atoms with van der Waals surface area (Å²) >= 11 is 0. The Bertz CT molecular complexity index is 1680. The second-order valence-corrected chi connectivity index (χ2v) is 12.9. The molecule has 9 heteroatoms. The average Bonchev–Trinajstić information content (AvgIpc) is 3.06. The maximum atomic E-state index is 14.6. The number of carbonyl (C=O) groups excluding carboxylic acids is 2. The molecular weight excluding hydrogens is 598 g/mol. The smallest absolute Gasteiger partial charge is 0.264 e. The SMILES string of the molecule is CCCCNC(=O)C(Cc1ccccc1)N(Cc1cccc(C)c1)C(=O)CN(c1ccccc1OCC)S(=O)(=O)c1ccccc1. The molecule has 46 heavy (non-hydrogen) atoms. The summed E-state index contributed by atoms with van der Waals surface area (Å²) in [5.41, 5.74) is 2.97. The van der Waals surface area contributed by atoms with E-state index in [1.807, 2.05) is 75.4 Å². The number of anilines is 1. The van der Waals surface area contributed by atoms with Gasteiger partial charge in [0.15, 0.2) is 0 Å². The van der Waals surface area contributed by atoms with E-state index in [9.17, 15) is 18.0 Å². The Hall–Kier alpha value is -4.63. The first kappa shape index (κ1) is 34.2. The number of nitrogens with one attached hydrogen (secondary N) is 1. The minimum Gasteiger partial charge on any atom is -0.492 e. The fourth-order valence-electron chi connectivity index (χ4n) is 5.24. The molecule has 0 fully saturated rings. The maximum absolute atomic E-state index is 14.6. The lowest BCUT2D eigenvalue weighted by Gasteiger charge is -2.34. The number of hydrogen-bond acceptors (Lipinski definition) is 5. The van der Waals surface area contributed by atoms with Crippen LogP contribution >= 0.6 is 0 Å². The predicted octanol–water partition coefficient (Wildman–Crippen LogP) is 6.15. The molecule has 1 N–H and O–H groups in total. The van der Waals surface area contributed by atoms with Gasteiger partial charge >= 0.3 is 0 Å². The van der Waals surface area contributed by atoms with Crippen molar-refractivity contribution in [3.8, 4) is 5.75 Å². The predicted molar refractivity (Wildman–Crippen MR) is 182 cm³/mol. The van der Waals surface area contributed by atoms with Gasteiger partial charge in [0, 0.05) is 19.5 Å². The number of rotatable bonds is 16. The lowest BCUT2D eigenvalue weighted by molar-refractivity contribution is -0.140. The van der Waals surface area contributed by atoms with Crippen molar-refractivity contribution >= 4 is 27.5 Å². The highest BCUT2D eigenvalue weighted by atomic mass is 32.2. The third kappa shape index (κ3) is 8.97. The summed E-state index contributed by atoms with van der Waals surface area (Å²) in [4.78, 5) is 30.1. The van der Waals surface area contributed by atoms with Crippen molar-refractivity contribution in [3.05, 3.63) is 126 Å². The molecule has 0 radical (unpaired) electrons. The molecule has 4 rings (SSSR count). The summed E-state index contributed by atoms with van der Waals surface area (Å²) in [7, 11) is -4.22. The van der Waals surface area contributed by atoms with E-state index in [2.05, 4.69) is 5.32 Å². The number of unbranched alkanes of at least 4 members (excludes halogenated alkanes) is 1. The molecule has 4 aromatic carbocycles. The van der Waals surface area contributed by atoms with Crippen LogP contribution in [-0.4, -0.2) is 50.9 Å². The van der Waals surface area contributed by atoms with Crippen LogP contribution in [0.1, 0.15) is 43.4 Å². The van der Waals surface area contributed by atoms with Crippen molar-refractivity contribution in [1.29, 1.82) is 0 Å². The number of carbonyl (C=O) groups is 2. The first-order valence-electron chi connectivity index (χ1n) is 15.7. The van der Waals surface area contributed by atoms with Crippen LogP contribution in [0.4, 0.5) is 5.69 Å². The fraction of sp³-hybridized carbons (Fsp3) is 0.297. The van der Waals surface area contributed by atoms with Crippen molar-refractivity contribution in [2.45, 2.75) is 57.5 Å². The summed E-state index contributed by atoms with van der Waals surface area (Å²) in [6.45, 7) is 6.18. The molecule has 8 nitrogen and oxygen atoms in total. The summed E-state index contributed by atoms with van der Waals surface area (Å²) in [6.07, 6.45) is 1.96. The van der Waals surface area contributed by atoms with Crippen LogP contribution in [0.15, 0.2) is 114 Å². The molecular formula is C37H43N3O5S. The minimum absolute atomic E-state index is 0.0393. The Morgan fingerprint density at radius 2 is 1.48 bits per heavy atom. The molecule has 0 spiro atoms. The summed E-state index contributed by atoms with van der Waals surface area (Å²) < 4.78 is 35.4. The molecule has 0 heterocycles. The van der Waals surface area contributed by atoms with Gasteiger partial charge < -0.3 is 15.0 Å². The van der Waals surface area contributed by atoms with E-state index >= 15 is 0 Å². The van der Waals surface area contributed by atoms with Crippen LogP contribution in [0.2, 0.25) is 0 Å². The lowest BCUT2D eigenvalue weighted by atomic mass is 10.0.